The van der Waals surface area contributed by atoms with Gasteiger partial charge in [-0.05, 0) is 12.3 Å². The van der Waals surface area contributed by atoms with Gasteiger partial charge >= 0.3 is 0 Å². The first-order valence-corrected chi connectivity index (χ1v) is 8.27. The standard InChI is InChI=1S/C16H33N3O3/c1-14(2)12-22-9-5-8-18-15(17-3)19-13-16(20-4)6-10-21-11-7-16/h14H,5-13H2,1-4H3,(H2,17,18,19). The molecule has 0 aromatic heterocycles. The summed E-state index contributed by atoms with van der Waals surface area (Å²) in [5.74, 6) is 1.40. The van der Waals surface area contributed by atoms with Crippen molar-refractivity contribution in [3.8, 4) is 0 Å². The molecule has 1 fully saturated rings. The number of ether oxygens (including phenoxy) is 3. The molecule has 1 rings (SSSR count). The third kappa shape index (κ3) is 7.42. The number of hydrogen-bond donors (Lipinski definition) is 2. The van der Waals surface area contributed by atoms with Gasteiger partial charge in [-0.3, -0.25) is 4.99 Å². The molecule has 6 heteroatoms. The maximum atomic E-state index is 5.71. The highest BCUT2D eigenvalue weighted by Crippen LogP contribution is 2.23. The van der Waals surface area contributed by atoms with E-state index in [4.69, 9.17) is 14.2 Å². The van der Waals surface area contributed by atoms with Gasteiger partial charge in [0.2, 0.25) is 0 Å². The smallest absolute Gasteiger partial charge is 0.191 e. The fraction of sp³-hybridized carbons (Fsp3) is 0.938. The molecule has 0 atom stereocenters. The van der Waals surface area contributed by atoms with Crippen molar-refractivity contribution < 1.29 is 14.2 Å². The lowest BCUT2D eigenvalue weighted by Gasteiger charge is -2.36. The van der Waals surface area contributed by atoms with Crippen LogP contribution in [0.5, 0.6) is 0 Å². The van der Waals surface area contributed by atoms with Crippen molar-refractivity contribution >= 4 is 5.96 Å². The minimum Gasteiger partial charge on any atom is -0.381 e. The summed E-state index contributed by atoms with van der Waals surface area (Å²) < 4.78 is 16.7. The van der Waals surface area contributed by atoms with E-state index in [0.717, 1.165) is 64.7 Å². The lowest BCUT2D eigenvalue weighted by Crippen LogP contribution is -2.50. The molecule has 0 aliphatic carbocycles. The normalized spacial score (nSPS) is 18.5. The molecule has 2 N–H and O–H groups in total. The van der Waals surface area contributed by atoms with E-state index in [0.29, 0.717) is 5.92 Å². The lowest BCUT2D eigenvalue weighted by molar-refractivity contribution is -0.0855. The largest absolute Gasteiger partial charge is 0.381 e. The molecule has 1 aliphatic rings. The molecule has 22 heavy (non-hydrogen) atoms. The van der Waals surface area contributed by atoms with Gasteiger partial charge in [0, 0.05) is 66.5 Å². The van der Waals surface area contributed by atoms with E-state index in [2.05, 4.69) is 29.5 Å². The number of nitrogens with one attached hydrogen (secondary N) is 2. The van der Waals surface area contributed by atoms with Gasteiger partial charge in [0.1, 0.15) is 0 Å². The molecule has 6 nitrogen and oxygen atoms in total. The number of nitrogens with zero attached hydrogens (tertiary/aromatic N) is 1. The first kappa shape index (κ1) is 19.2. The Morgan fingerprint density at radius 1 is 1.27 bits per heavy atom. The number of rotatable bonds is 9. The van der Waals surface area contributed by atoms with Crippen molar-refractivity contribution in [3.63, 3.8) is 0 Å². The fourth-order valence-electron chi connectivity index (χ4n) is 2.36. The molecule has 0 bridgehead atoms. The average molecular weight is 315 g/mol. The number of methoxy groups -OCH3 is 1. The Morgan fingerprint density at radius 3 is 2.59 bits per heavy atom. The van der Waals surface area contributed by atoms with E-state index in [1.165, 1.54) is 0 Å². The van der Waals surface area contributed by atoms with Gasteiger partial charge in [0.25, 0.3) is 0 Å². The maximum Gasteiger partial charge on any atom is 0.191 e. The van der Waals surface area contributed by atoms with Crippen LogP contribution in [0.3, 0.4) is 0 Å². The molecule has 0 aromatic carbocycles. The Bertz CT molecular complexity index is 316. The highest BCUT2D eigenvalue weighted by Gasteiger charge is 2.32. The summed E-state index contributed by atoms with van der Waals surface area (Å²) in [6.45, 7) is 9.03. The van der Waals surface area contributed by atoms with E-state index < -0.39 is 0 Å². The number of guanidine groups is 1. The average Bonchev–Trinajstić information content (AvgIpc) is 2.54. The molecule has 0 unspecified atom stereocenters. The van der Waals surface area contributed by atoms with Crippen LogP contribution >= 0.6 is 0 Å². The highest BCUT2D eigenvalue weighted by molar-refractivity contribution is 5.79. The van der Waals surface area contributed by atoms with Gasteiger partial charge in [-0.15, -0.1) is 0 Å². The summed E-state index contributed by atoms with van der Waals surface area (Å²) in [7, 11) is 3.56. The molecular formula is C16H33N3O3. The van der Waals surface area contributed by atoms with Gasteiger partial charge in [-0.2, -0.15) is 0 Å². The SMILES string of the molecule is CN=C(NCCCOCC(C)C)NCC1(OC)CCOCC1. The van der Waals surface area contributed by atoms with Crippen LogP contribution in [0.25, 0.3) is 0 Å². The van der Waals surface area contributed by atoms with Crippen LogP contribution in [-0.2, 0) is 14.2 Å². The summed E-state index contributed by atoms with van der Waals surface area (Å²) >= 11 is 0. The van der Waals surface area contributed by atoms with Gasteiger partial charge in [0.05, 0.1) is 5.60 Å². The summed E-state index contributed by atoms with van der Waals surface area (Å²) in [6.07, 6.45) is 2.80. The van der Waals surface area contributed by atoms with Crippen LogP contribution in [0.4, 0.5) is 0 Å². The van der Waals surface area contributed by atoms with Crippen molar-refractivity contribution in [1.82, 2.24) is 10.6 Å². The van der Waals surface area contributed by atoms with Gasteiger partial charge < -0.3 is 24.8 Å². The molecular weight excluding hydrogens is 282 g/mol. The van der Waals surface area contributed by atoms with Gasteiger partial charge in [-0.25, -0.2) is 0 Å². The Hall–Kier alpha value is -0.850. The zero-order valence-electron chi connectivity index (χ0n) is 14.6. The lowest BCUT2D eigenvalue weighted by atomic mass is 9.94. The highest BCUT2D eigenvalue weighted by atomic mass is 16.5. The summed E-state index contributed by atoms with van der Waals surface area (Å²) in [6, 6.07) is 0. The Balaban J connectivity index is 2.19. The third-order valence-corrected chi connectivity index (χ3v) is 3.85. The fourth-order valence-corrected chi connectivity index (χ4v) is 2.36. The van der Waals surface area contributed by atoms with Crippen molar-refractivity contribution in [3.05, 3.63) is 0 Å². The zero-order valence-corrected chi connectivity index (χ0v) is 14.6. The topological polar surface area (TPSA) is 64.1 Å². The first-order chi connectivity index (χ1) is 10.6. The van der Waals surface area contributed by atoms with E-state index >= 15 is 0 Å². The molecule has 0 spiro atoms. The van der Waals surface area contributed by atoms with Crippen LogP contribution in [0.2, 0.25) is 0 Å². The second-order valence-corrected chi connectivity index (χ2v) is 6.17. The van der Waals surface area contributed by atoms with Crippen molar-refractivity contribution in [1.29, 1.82) is 0 Å². The molecule has 1 heterocycles. The monoisotopic (exact) mass is 315 g/mol. The second kappa shape index (κ2) is 10.8. The van der Waals surface area contributed by atoms with E-state index in [-0.39, 0.29) is 5.60 Å². The maximum absolute atomic E-state index is 5.71. The molecule has 0 aromatic rings. The third-order valence-electron chi connectivity index (χ3n) is 3.85. The Kier molecular flexibility index (Phi) is 9.43. The van der Waals surface area contributed by atoms with E-state index in [1.54, 1.807) is 14.2 Å². The zero-order chi connectivity index (χ0) is 16.3. The van der Waals surface area contributed by atoms with Crippen molar-refractivity contribution in [2.24, 2.45) is 10.9 Å². The Morgan fingerprint density at radius 2 is 2.00 bits per heavy atom. The first-order valence-electron chi connectivity index (χ1n) is 8.27. The van der Waals surface area contributed by atoms with Gasteiger partial charge in [0.15, 0.2) is 5.96 Å². The van der Waals surface area contributed by atoms with E-state index in [1.807, 2.05) is 0 Å². The number of hydrogen-bond acceptors (Lipinski definition) is 4. The van der Waals surface area contributed by atoms with Crippen molar-refractivity contribution in [2.45, 2.75) is 38.7 Å². The predicted octanol–water partition coefficient (Wildman–Crippen LogP) is 1.41. The van der Waals surface area contributed by atoms with E-state index in [9.17, 15) is 0 Å². The summed E-state index contributed by atoms with van der Waals surface area (Å²) in [4.78, 5) is 4.25. The molecule has 1 saturated heterocycles. The van der Waals surface area contributed by atoms with Crippen LogP contribution < -0.4 is 10.6 Å². The molecule has 0 saturated carbocycles. The quantitative estimate of drug-likeness (QED) is 0.383. The molecule has 0 amide bonds. The Labute approximate surface area is 135 Å². The summed E-state index contributed by atoms with van der Waals surface area (Å²) in [5, 5.41) is 6.67. The van der Waals surface area contributed by atoms with Crippen LogP contribution in [0, 0.1) is 5.92 Å². The van der Waals surface area contributed by atoms with Crippen LogP contribution in [-0.4, -0.2) is 65.2 Å². The summed E-state index contributed by atoms with van der Waals surface area (Å²) in [5.41, 5.74) is -0.143. The van der Waals surface area contributed by atoms with Crippen LogP contribution in [0.15, 0.2) is 4.99 Å². The minimum atomic E-state index is -0.143. The van der Waals surface area contributed by atoms with Crippen molar-refractivity contribution in [2.75, 3.05) is 53.7 Å². The molecule has 130 valence electrons. The molecule has 0 radical (unpaired) electrons. The number of aliphatic imine (C=N–C) groups is 1. The van der Waals surface area contributed by atoms with Gasteiger partial charge in [-0.1, -0.05) is 13.8 Å². The second-order valence-electron chi connectivity index (χ2n) is 6.17. The minimum absolute atomic E-state index is 0.143. The molecule has 1 aliphatic heterocycles. The predicted molar refractivity (Wildman–Crippen MR) is 89.4 cm³/mol. The van der Waals surface area contributed by atoms with Crippen LogP contribution in [0.1, 0.15) is 33.1 Å².